The zero-order chi connectivity index (χ0) is 32.4. The van der Waals surface area contributed by atoms with Gasteiger partial charge in [0.2, 0.25) is 0 Å². The molecule has 1 atom stereocenters. The van der Waals surface area contributed by atoms with Crippen LogP contribution in [-0.2, 0) is 40.9 Å². The standard InChI is InChI=1S/C30H38N4O8S/c1-20-10-13-22(14-11-20)43(38,39)33-18-23(32-19-33)30(8,25(35)40-9)16-21-12-15-24(31-17-21)34(26(36)41-28(2,3)4)27(37)42-29(5,6)7/h10-15,17-19H,16H2,1-9H3. The van der Waals surface area contributed by atoms with Crippen LogP contribution < -0.4 is 4.90 Å². The zero-order valence-electron chi connectivity index (χ0n) is 25.9. The molecule has 13 heteroatoms. The Hall–Kier alpha value is -4.26. The highest BCUT2D eigenvalue weighted by molar-refractivity contribution is 7.90. The highest BCUT2D eigenvalue weighted by atomic mass is 32.2. The van der Waals surface area contributed by atoms with Crippen LogP contribution in [0.15, 0.2) is 60.0 Å². The molecule has 232 valence electrons. The maximum Gasteiger partial charge on any atom is 0.425 e. The first kappa shape index (κ1) is 33.2. The Morgan fingerprint density at radius 2 is 1.42 bits per heavy atom. The zero-order valence-corrected chi connectivity index (χ0v) is 26.7. The number of aromatic nitrogens is 3. The van der Waals surface area contributed by atoms with E-state index in [4.69, 9.17) is 14.2 Å². The van der Waals surface area contributed by atoms with Crippen molar-refractivity contribution in [2.45, 2.75) is 83.3 Å². The van der Waals surface area contributed by atoms with Crippen LogP contribution >= 0.6 is 0 Å². The van der Waals surface area contributed by atoms with Gasteiger partial charge in [-0.25, -0.2) is 31.9 Å². The fourth-order valence-electron chi connectivity index (χ4n) is 3.99. The van der Waals surface area contributed by atoms with E-state index >= 15 is 0 Å². The van der Waals surface area contributed by atoms with Gasteiger partial charge in [0.05, 0.1) is 17.7 Å². The van der Waals surface area contributed by atoms with Gasteiger partial charge in [-0.2, -0.15) is 4.90 Å². The minimum absolute atomic E-state index is 0.00736. The van der Waals surface area contributed by atoms with Crippen molar-refractivity contribution >= 4 is 34.0 Å². The Morgan fingerprint density at radius 3 is 1.88 bits per heavy atom. The first-order valence-corrected chi connectivity index (χ1v) is 14.9. The second-order valence-electron chi connectivity index (χ2n) is 12.2. The van der Waals surface area contributed by atoms with Crippen molar-refractivity contribution < 1.29 is 37.0 Å². The van der Waals surface area contributed by atoms with Crippen LogP contribution in [-0.4, -0.2) is 58.8 Å². The summed E-state index contributed by atoms with van der Waals surface area (Å²) in [5.74, 6) is -0.709. The summed E-state index contributed by atoms with van der Waals surface area (Å²) < 4.78 is 43.2. The number of carbonyl (C=O) groups excluding carboxylic acids is 3. The number of imide groups is 1. The van der Waals surface area contributed by atoms with Crippen LogP contribution in [0.25, 0.3) is 0 Å². The number of ether oxygens (including phenoxy) is 3. The normalized spacial score (nSPS) is 13.5. The highest BCUT2D eigenvalue weighted by Gasteiger charge is 2.40. The molecule has 2 amide bonds. The van der Waals surface area contributed by atoms with Gasteiger partial charge in [-0.3, -0.25) is 4.79 Å². The van der Waals surface area contributed by atoms with Gasteiger partial charge < -0.3 is 14.2 Å². The van der Waals surface area contributed by atoms with Gasteiger partial charge in [-0.15, -0.1) is 0 Å². The molecule has 2 aromatic heterocycles. The Kier molecular flexibility index (Phi) is 9.40. The SMILES string of the molecule is COC(=O)C(C)(Cc1ccc(N(C(=O)OC(C)(C)C)C(=O)OC(C)(C)C)nc1)c1cn(S(=O)(=O)c2ccc(C)cc2)cn1. The third-order valence-corrected chi connectivity index (χ3v) is 7.73. The van der Waals surface area contributed by atoms with Crippen LogP contribution in [0.2, 0.25) is 0 Å². The van der Waals surface area contributed by atoms with Crippen molar-refractivity contribution in [1.29, 1.82) is 0 Å². The van der Waals surface area contributed by atoms with Crippen LogP contribution in [0, 0.1) is 6.92 Å². The van der Waals surface area contributed by atoms with Gasteiger partial charge in [0, 0.05) is 12.4 Å². The van der Waals surface area contributed by atoms with Gasteiger partial charge in [0.15, 0.2) is 0 Å². The molecule has 3 rings (SSSR count). The lowest BCUT2D eigenvalue weighted by Crippen LogP contribution is -2.44. The van der Waals surface area contributed by atoms with E-state index in [2.05, 4.69) is 9.97 Å². The fourth-order valence-corrected chi connectivity index (χ4v) is 5.12. The molecule has 0 saturated carbocycles. The number of rotatable bonds is 7. The van der Waals surface area contributed by atoms with Gasteiger partial charge in [-0.1, -0.05) is 23.8 Å². The van der Waals surface area contributed by atoms with Crippen LogP contribution in [0.3, 0.4) is 0 Å². The van der Waals surface area contributed by atoms with E-state index in [9.17, 15) is 22.8 Å². The molecule has 1 aromatic carbocycles. The number of pyridine rings is 1. The van der Waals surface area contributed by atoms with E-state index in [1.165, 1.54) is 37.7 Å². The van der Waals surface area contributed by atoms with E-state index in [-0.39, 0.29) is 22.8 Å². The molecule has 0 spiro atoms. The first-order chi connectivity index (χ1) is 19.8. The van der Waals surface area contributed by atoms with Crippen molar-refractivity contribution in [3.8, 4) is 0 Å². The number of esters is 1. The molecule has 0 aliphatic carbocycles. The van der Waals surface area contributed by atoms with Crippen LogP contribution in [0.1, 0.15) is 65.3 Å². The number of imidazole rings is 1. The number of benzene rings is 1. The minimum Gasteiger partial charge on any atom is -0.468 e. The molecule has 3 aromatic rings. The molecule has 0 fully saturated rings. The molecule has 0 bridgehead atoms. The molecular formula is C30H38N4O8S. The Balaban J connectivity index is 1.95. The summed E-state index contributed by atoms with van der Waals surface area (Å²) in [5, 5.41) is 0. The predicted molar refractivity (Wildman–Crippen MR) is 158 cm³/mol. The van der Waals surface area contributed by atoms with Crippen molar-refractivity contribution in [3.05, 3.63) is 71.9 Å². The van der Waals surface area contributed by atoms with Crippen molar-refractivity contribution in [1.82, 2.24) is 13.9 Å². The first-order valence-electron chi connectivity index (χ1n) is 13.4. The number of anilines is 1. The Morgan fingerprint density at radius 1 is 0.860 bits per heavy atom. The largest absolute Gasteiger partial charge is 0.468 e. The maximum absolute atomic E-state index is 13.2. The molecule has 1 unspecified atom stereocenters. The fraction of sp³-hybridized carbons (Fsp3) is 0.433. The molecule has 0 N–H and O–H groups in total. The number of hydrogen-bond donors (Lipinski definition) is 0. The highest BCUT2D eigenvalue weighted by Crippen LogP contribution is 2.30. The monoisotopic (exact) mass is 614 g/mol. The number of aryl methyl sites for hydroxylation is 1. The molecule has 43 heavy (non-hydrogen) atoms. The lowest BCUT2D eigenvalue weighted by molar-refractivity contribution is -0.147. The summed E-state index contributed by atoms with van der Waals surface area (Å²) in [7, 11) is -2.74. The summed E-state index contributed by atoms with van der Waals surface area (Å²) in [6.07, 6.45) is 1.86. The van der Waals surface area contributed by atoms with E-state index in [1.54, 1.807) is 66.7 Å². The molecular weight excluding hydrogens is 576 g/mol. The van der Waals surface area contributed by atoms with Crippen molar-refractivity contribution in [3.63, 3.8) is 0 Å². The van der Waals surface area contributed by atoms with E-state index in [1.807, 2.05) is 6.92 Å². The third kappa shape index (κ3) is 7.98. The second-order valence-corrected chi connectivity index (χ2v) is 14.1. The van der Waals surface area contributed by atoms with Crippen LogP contribution in [0.5, 0.6) is 0 Å². The molecule has 12 nitrogen and oxygen atoms in total. The van der Waals surface area contributed by atoms with Crippen LogP contribution in [0.4, 0.5) is 15.4 Å². The van der Waals surface area contributed by atoms with Gasteiger partial charge in [0.25, 0.3) is 10.0 Å². The number of carbonyl (C=O) groups is 3. The Labute approximate surface area is 252 Å². The summed E-state index contributed by atoms with van der Waals surface area (Å²) in [4.78, 5) is 48.3. The molecule has 0 aliphatic rings. The van der Waals surface area contributed by atoms with Gasteiger partial charge >= 0.3 is 18.2 Å². The number of nitrogens with zero attached hydrogens (tertiary/aromatic N) is 4. The second kappa shape index (κ2) is 12.2. The minimum atomic E-state index is -3.96. The Bertz CT molecular complexity index is 1560. The van der Waals surface area contributed by atoms with Gasteiger partial charge in [-0.05, 0) is 85.6 Å². The smallest absolute Gasteiger partial charge is 0.425 e. The summed E-state index contributed by atoms with van der Waals surface area (Å²) in [6.45, 7) is 13.4. The number of methoxy groups -OCH3 is 1. The molecule has 0 radical (unpaired) electrons. The summed E-state index contributed by atoms with van der Waals surface area (Å²) >= 11 is 0. The summed E-state index contributed by atoms with van der Waals surface area (Å²) in [5.41, 5.74) is -1.62. The van der Waals surface area contributed by atoms with E-state index in [0.29, 0.717) is 10.5 Å². The predicted octanol–water partition coefficient (Wildman–Crippen LogP) is 5.17. The molecule has 2 heterocycles. The lowest BCUT2D eigenvalue weighted by atomic mass is 9.81. The van der Waals surface area contributed by atoms with Crippen molar-refractivity contribution in [2.75, 3.05) is 12.0 Å². The maximum atomic E-state index is 13.2. The average molecular weight is 615 g/mol. The van der Waals surface area contributed by atoms with E-state index < -0.39 is 44.8 Å². The topological polar surface area (TPSA) is 147 Å². The van der Waals surface area contributed by atoms with Crippen molar-refractivity contribution in [2.24, 2.45) is 0 Å². The number of amides is 2. The third-order valence-electron chi connectivity index (χ3n) is 6.11. The molecule has 0 aliphatic heterocycles. The summed E-state index contributed by atoms with van der Waals surface area (Å²) in [6, 6.07) is 9.36. The number of hydrogen-bond acceptors (Lipinski definition) is 10. The molecule has 0 saturated heterocycles. The quantitative estimate of drug-likeness (QED) is 0.258. The van der Waals surface area contributed by atoms with E-state index in [0.717, 1.165) is 15.9 Å². The lowest BCUT2D eigenvalue weighted by Gasteiger charge is -2.28. The average Bonchev–Trinajstić information content (AvgIpc) is 3.39. The van der Waals surface area contributed by atoms with Gasteiger partial charge in [0.1, 0.15) is 28.8 Å².